The van der Waals surface area contributed by atoms with Crippen LogP contribution >= 0.6 is 0 Å². The van der Waals surface area contributed by atoms with Gasteiger partial charge in [0.05, 0.1) is 0 Å². The third-order valence-electron chi connectivity index (χ3n) is 3.35. The van der Waals surface area contributed by atoms with Gasteiger partial charge in [-0.2, -0.15) is 0 Å². The van der Waals surface area contributed by atoms with Crippen LogP contribution in [0.3, 0.4) is 0 Å². The maximum atomic E-state index is 2.44. The van der Waals surface area contributed by atoms with Crippen LogP contribution in [0.2, 0.25) is 0 Å². The van der Waals surface area contributed by atoms with Crippen LogP contribution < -0.4 is 0 Å². The molecular formula is C12H14. The van der Waals surface area contributed by atoms with Crippen molar-refractivity contribution in [1.82, 2.24) is 0 Å². The summed E-state index contributed by atoms with van der Waals surface area (Å²) in [5.74, 6) is 1.67. The molecule has 0 saturated carbocycles. The van der Waals surface area contributed by atoms with Crippen molar-refractivity contribution in [2.45, 2.75) is 25.7 Å². The molecule has 0 fully saturated rings. The standard InChI is InChI=1S/C12H14/c1-3-9(4-1)11-5-2-6-12(11)10-7-8-10/h2-3,6-7,11-12H,1,4-5,8H2. The average Bonchev–Trinajstić information content (AvgIpc) is 2.70. The molecule has 3 aliphatic carbocycles. The van der Waals surface area contributed by atoms with E-state index in [1.807, 2.05) is 0 Å². The van der Waals surface area contributed by atoms with E-state index in [4.69, 9.17) is 0 Å². The first-order chi connectivity index (χ1) is 5.95. The lowest BCUT2D eigenvalue weighted by molar-refractivity contribution is 0.512. The van der Waals surface area contributed by atoms with Gasteiger partial charge in [0.25, 0.3) is 0 Å². The Hall–Kier alpha value is -0.780. The van der Waals surface area contributed by atoms with Crippen molar-refractivity contribution in [3.63, 3.8) is 0 Å². The van der Waals surface area contributed by atoms with Gasteiger partial charge in [-0.25, -0.2) is 0 Å². The molecule has 12 heavy (non-hydrogen) atoms. The summed E-state index contributed by atoms with van der Waals surface area (Å²) in [4.78, 5) is 0. The molecule has 0 heterocycles. The quantitative estimate of drug-likeness (QED) is 0.541. The molecule has 0 radical (unpaired) electrons. The van der Waals surface area contributed by atoms with E-state index in [1.54, 1.807) is 11.1 Å². The fourth-order valence-electron chi connectivity index (χ4n) is 2.40. The minimum atomic E-state index is 0.802. The van der Waals surface area contributed by atoms with Crippen LogP contribution in [0.15, 0.2) is 35.5 Å². The fraction of sp³-hybridized carbons (Fsp3) is 0.500. The van der Waals surface area contributed by atoms with E-state index in [0.29, 0.717) is 0 Å². The van der Waals surface area contributed by atoms with Crippen LogP contribution in [0.1, 0.15) is 25.7 Å². The summed E-state index contributed by atoms with van der Waals surface area (Å²) in [5, 5.41) is 0. The van der Waals surface area contributed by atoms with Crippen LogP contribution in [0.25, 0.3) is 0 Å². The molecule has 0 saturated heterocycles. The lowest BCUT2D eigenvalue weighted by Gasteiger charge is -2.25. The van der Waals surface area contributed by atoms with Gasteiger partial charge in [0.2, 0.25) is 0 Å². The third-order valence-corrected chi connectivity index (χ3v) is 3.35. The largest absolute Gasteiger partial charge is 0.0873 e. The van der Waals surface area contributed by atoms with Crippen LogP contribution in [0, 0.1) is 11.8 Å². The molecule has 0 N–H and O–H groups in total. The third kappa shape index (κ3) is 0.906. The molecule has 3 aliphatic rings. The van der Waals surface area contributed by atoms with Crippen molar-refractivity contribution in [1.29, 1.82) is 0 Å². The second kappa shape index (κ2) is 2.35. The molecule has 3 rings (SSSR count). The van der Waals surface area contributed by atoms with Crippen molar-refractivity contribution >= 4 is 0 Å². The van der Waals surface area contributed by atoms with Crippen LogP contribution in [-0.4, -0.2) is 0 Å². The molecule has 0 aromatic heterocycles. The SMILES string of the molecule is C1=CC(C2=CC2)C(C2=CCC2)C1. The molecule has 2 unspecified atom stereocenters. The number of rotatable bonds is 2. The zero-order valence-electron chi connectivity index (χ0n) is 7.29. The topological polar surface area (TPSA) is 0 Å². The summed E-state index contributed by atoms with van der Waals surface area (Å²) in [6.45, 7) is 0. The molecule has 0 nitrogen and oxygen atoms in total. The summed E-state index contributed by atoms with van der Waals surface area (Å²) in [6.07, 6.45) is 14.9. The molecule has 0 amide bonds. The summed E-state index contributed by atoms with van der Waals surface area (Å²) in [6, 6.07) is 0. The lowest BCUT2D eigenvalue weighted by Crippen LogP contribution is -2.13. The molecule has 0 aromatic rings. The smallest absolute Gasteiger partial charge is 0.00484 e. The highest BCUT2D eigenvalue weighted by Crippen LogP contribution is 2.45. The Bertz CT molecular complexity index is 291. The summed E-state index contributed by atoms with van der Waals surface area (Å²) < 4.78 is 0. The van der Waals surface area contributed by atoms with Gasteiger partial charge >= 0.3 is 0 Å². The van der Waals surface area contributed by atoms with Crippen LogP contribution in [0.4, 0.5) is 0 Å². The van der Waals surface area contributed by atoms with E-state index in [2.05, 4.69) is 24.3 Å². The highest BCUT2D eigenvalue weighted by atomic mass is 14.4. The minimum absolute atomic E-state index is 0.802. The highest BCUT2D eigenvalue weighted by Gasteiger charge is 2.32. The fourth-order valence-corrected chi connectivity index (χ4v) is 2.40. The summed E-state index contributed by atoms with van der Waals surface area (Å²) in [5.41, 5.74) is 3.43. The molecule has 0 aliphatic heterocycles. The zero-order valence-corrected chi connectivity index (χ0v) is 7.29. The van der Waals surface area contributed by atoms with Gasteiger partial charge in [-0.15, -0.1) is 0 Å². The first-order valence-electron chi connectivity index (χ1n) is 4.99. The zero-order chi connectivity index (χ0) is 7.97. The van der Waals surface area contributed by atoms with Crippen molar-refractivity contribution < 1.29 is 0 Å². The highest BCUT2D eigenvalue weighted by molar-refractivity contribution is 5.36. The molecule has 0 heteroatoms. The predicted molar refractivity (Wildman–Crippen MR) is 50.8 cm³/mol. The molecule has 2 atom stereocenters. The first-order valence-corrected chi connectivity index (χ1v) is 4.99. The van der Waals surface area contributed by atoms with E-state index in [0.717, 1.165) is 11.8 Å². The van der Waals surface area contributed by atoms with E-state index in [9.17, 15) is 0 Å². The number of hydrogen-bond acceptors (Lipinski definition) is 0. The second-order valence-electron chi connectivity index (χ2n) is 4.10. The van der Waals surface area contributed by atoms with Gasteiger partial charge in [-0.3, -0.25) is 0 Å². The monoisotopic (exact) mass is 158 g/mol. The Morgan fingerprint density at radius 2 is 2.00 bits per heavy atom. The van der Waals surface area contributed by atoms with Gasteiger partial charge in [0.1, 0.15) is 0 Å². The van der Waals surface area contributed by atoms with Crippen molar-refractivity contribution in [3.05, 3.63) is 35.5 Å². The van der Waals surface area contributed by atoms with Crippen LogP contribution in [-0.2, 0) is 0 Å². The molecule has 0 bridgehead atoms. The van der Waals surface area contributed by atoms with Gasteiger partial charge in [-0.1, -0.05) is 35.5 Å². The second-order valence-corrected chi connectivity index (χ2v) is 4.10. The Balaban J connectivity index is 1.81. The molecule has 62 valence electrons. The molecule has 0 aromatic carbocycles. The minimum Gasteiger partial charge on any atom is -0.0873 e. The normalized spacial score (nSPS) is 37.3. The molecular weight excluding hydrogens is 144 g/mol. The summed E-state index contributed by atoms with van der Waals surface area (Å²) in [7, 11) is 0. The maximum Gasteiger partial charge on any atom is 0.00484 e. The lowest BCUT2D eigenvalue weighted by atomic mass is 9.79. The maximum absolute atomic E-state index is 2.44. The number of hydrogen-bond donors (Lipinski definition) is 0. The summed E-state index contributed by atoms with van der Waals surface area (Å²) >= 11 is 0. The Morgan fingerprint density at radius 3 is 2.58 bits per heavy atom. The van der Waals surface area contributed by atoms with Gasteiger partial charge in [0, 0.05) is 5.92 Å². The number of allylic oxidation sites excluding steroid dienone is 6. The molecule has 0 spiro atoms. The van der Waals surface area contributed by atoms with Crippen LogP contribution in [0.5, 0.6) is 0 Å². The van der Waals surface area contributed by atoms with Gasteiger partial charge in [-0.05, 0) is 31.6 Å². The van der Waals surface area contributed by atoms with Crippen molar-refractivity contribution in [2.24, 2.45) is 11.8 Å². The first kappa shape index (κ1) is 6.71. The Morgan fingerprint density at radius 1 is 1.17 bits per heavy atom. The predicted octanol–water partition coefficient (Wildman–Crippen LogP) is 3.23. The van der Waals surface area contributed by atoms with E-state index < -0.39 is 0 Å². The van der Waals surface area contributed by atoms with Gasteiger partial charge in [0.15, 0.2) is 0 Å². The van der Waals surface area contributed by atoms with E-state index in [1.165, 1.54) is 25.7 Å². The van der Waals surface area contributed by atoms with E-state index >= 15 is 0 Å². The average molecular weight is 158 g/mol. The van der Waals surface area contributed by atoms with Crippen molar-refractivity contribution in [2.75, 3.05) is 0 Å². The van der Waals surface area contributed by atoms with Crippen molar-refractivity contribution in [3.8, 4) is 0 Å². The Labute approximate surface area is 73.7 Å². The Kier molecular flexibility index (Phi) is 1.31. The van der Waals surface area contributed by atoms with E-state index in [-0.39, 0.29) is 0 Å². The van der Waals surface area contributed by atoms with Gasteiger partial charge < -0.3 is 0 Å².